The van der Waals surface area contributed by atoms with E-state index in [0.29, 0.717) is 0 Å². The van der Waals surface area contributed by atoms with Crippen LogP contribution < -0.4 is 5.32 Å². The molecular formula is C13H11FN2O4S. The number of ether oxygens (including phenoxy) is 1. The van der Waals surface area contributed by atoms with Gasteiger partial charge in [-0.3, -0.25) is 10.1 Å². The van der Waals surface area contributed by atoms with Gasteiger partial charge in [-0.15, -0.1) is 0 Å². The number of methoxy groups -OCH3 is 1. The smallest absolute Gasteiger partial charge is 0.347 e. The summed E-state index contributed by atoms with van der Waals surface area (Å²) in [5, 5.41) is 11.6. The number of carboxylic acid groups (broad SMARTS) is 1. The van der Waals surface area contributed by atoms with Gasteiger partial charge in [-0.1, -0.05) is 17.4 Å². The molecule has 2 rings (SSSR count). The largest absolute Gasteiger partial charge is 0.477 e. The molecule has 110 valence electrons. The predicted octanol–water partition coefficient (Wildman–Crippen LogP) is 2.38. The number of halogens is 1. The van der Waals surface area contributed by atoms with Gasteiger partial charge in [0.1, 0.15) is 10.7 Å². The lowest BCUT2D eigenvalue weighted by Gasteiger charge is -2.01. The molecule has 1 aromatic carbocycles. The zero-order chi connectivity index (χ0) is 15.4. The van der Waals surface area contributed by atoms with Crippen molar-refractivity contribution in [1.82, 2.24) is 4.98 Å². The molecule has 0 bridgehead atoms. The van der Waals surface area contributed by atoms with Crippen molar-refractivity contribution < 1.29 is 23.8 Å². The van der Waals surface area contributed by atoms with E-state index in [1.165, 1.54) is 25.3 Å². The minimum absolute atomic E-state index is 0.00797. The summed E-state index contributed by atoms with van der Waals surface area (Å²) in [5.41, 5.74) is 0.347. The van der Waals surface area contributed by atoms with Crippen LogP contribution in [0.5, 0.6) is 0 Å². The molecule has 1 amide bonds. The highest BCUT2D eigenvalue weighted by molar-refractivity contribution is 7.17. The van der Waals surface area contributed by atoms with Crippen LogP contribution in [0.25, 0.3) is 0 Å². The maximum atomic E-state index is 13.1. The molecule has 1 aromatic heterocycles. The maximum Gasteiger partial charge on any atom is 0.347 e. The second kappa shape index (κ2) is 6.42. The van der Waals surface area contributed by atoms with E-state index in [-0.39, 0.29) is 27.9 Å². The van der Waals surface area contributed by atoms with E-state index in [0.717, 1.165) is 17.4 Å². The maximum absolute atomic E-state index is 13.1. The number of carbonyl (C=O) groups excluding carboxylic acids is 1. The Morgan fingerprint density at radius 2 is 2.24 bits per heavy atom. The third kappa shape index (κ3) is 3.61. The Bertz CT molecular complexity index is 687. The normalized spacial score (nSPS) is 10.4. The summed E-state index contributed by atoms with van der Waals surface area (Å²) in [7, 11) is 1.41. The standard InChI is InChI=1S/C13H11FN2O4S/c1-20-6-9-10(12(18)19)21-13(15-9)16-11(17)7-3-2-4-8(14)5-7/h2-5H,6H2,1H3,(H,18,19)(H,15,16,17). The van der Waals surface area contributed by atoms with Crippen molar-refractivity contribution >= 4 is 28.3 Å². The van der Waals surface area contributed by atoms with E-state index in [1.54, 1.807) is 0 Å². The Kier molecular flexibility index (Phi) is 4.61. The van der Waals surface area contributed by atoms with Crippen molar-refractivity contribution in [2.24, 2.45) is 0 Å². The highest BCUT2D eigenvalue weighted by Gasteiger charge is 2.18. The summed E-state index contributed by atoms with van der Waals surface area (Å²) in [6.45, 7) is 0.0218. The Balaban J connectivity index is 2.21. The number of carbonyl (C=O) groups is 2. The lowest BCUT2D eigenvalue weighted by atomic mass is 10.2. The number of aromatic carboxylic acids is 1. The first kappa shape index (κ1) is 15.1. The van der Waals surface area contributed by atoms with Crippen LogP contribution in [0.2, 0.25) is 0 Å². The average molecular weight is 310 g/mol. The van der Waals surface area contributed by atoms with E-state index in [1.807, 2.05) is 0 Å². The van der Waals surface area contributed by atoms with Crippen molar-refractivity contribution in [3.8, 4) is 0 Å². The molecule has 1 heterocycles. The van der Waals surface area contributed by atoms with Gasteiger partial charge in [-0.25, -0.2) is 14.2 Å². The lowest BCUT2D eigenvalue weighted by Crippen LogP contribution is -2.11. The van der Waals surface area contributed by atoms with Crippen LogP contribution in [0.1, 0.15) is 25.7 Å². The van der Waals surface area contributed by atoms with Gasteiger partial charge < -0.3 is 9.84 Å². The molecule has 21 heavy (non-hydrogen) atoms. The molecule has 0 aliphatic rings. The number of benzene rings is 1. The number of nitrogens with zero attached hydrogens (tertiary/aromatic N) is 1. The van der Waals surface area contributed by atoms with Crippen molar-refractivity contribution in [1.29, 1.82) is 0 Å². The van der Waals surface area contributed by atoms with E-state index >= 15 is 0 Å². The minimum Gasteiger partial charge on any atom is -0.477 e. The third-order valence-electron chi connectivity index (χ3n) is 2.48. The quantitative estimate of drug-likeness (QED) is 0.885. The summed E-state index contributed by atoms with van der Waals surface area (Å²) in [6, 6.07) is 5.15. The number of anilines is 1. The number of rotatable bonds is 5. The van der Waals surface area contributed by atoms with E-state index in [9.17, 15) is 14.0 Å². The van der Waals surface area contributed by atoms with Gasteiger partial charge in [0, 0.05) is 12.7 Å². The zero-order valence-corrected chi connectivity index (χ0v) is 11.7. The fourth-order valence-electron chi connectivity index (χ4n) is 1.61. The molecule has 0 aliphatic carbocycles. The summed E-state index contributed by atoms with van der Waals surface area (Å²) in [6.07, 6.45) is 0. The molecule has 6 nitrogen and oxygen atoms in total. The first-order chi connectivity index (χ1) is 10.0. The van der Waals surface area contributed by atoms with Gasteiger partial charge >= 0.3 is 5.97 Å². The fourth-order valence-corrected chi connectivity index (χ4v) is 2.41. The van der Waals surface area contributed by atoms with Crippen LogP contribution >= 0.6 is 11.3 Å². The van der Waals surface area contributed by atoms with Crippen LogP contribution in [0.3, 0.4) is 0 Å². The van der Waals surface area contributed by atoms with Gasteiger partial charge in [0.05, 0.1) is 12.3 Å². The Morgan fingerprint density at radius 3 is 2.86 bits per heavy atom. The van der Waals surface area contributed by atoms with Crippen LogP contribution in [-0.2, 0) is 11.3 Å². The SMILES string of the molecule is COCc1nc(NC(=O)c2cccc(F)c2)sc1C(=O)O. The molecule has 0 saturated heterocycles. The van der Waals surface area contributed by atoms with Gasteiger partial charge in [-0.05, 0) is 18.2 Å². The van der Waals surface area contributed by atoms with Crippen LogP contribution in [-0.4, -0.2) is 29.1 Å². The summed E-state index contributed by atoms with van der Waals surface area (Å²) in [5.74, 6) is -2.25. The number of amides is 1. The van der Waals surface area contributed by atoms with E-state index in [2.05, 4.69) is 10.3 Å². The summed E-state index contributed by atoms with van der Waals surface area (Å²) >= 11 is 0.818. The topological polar surface area (TPSA) is 88.5 Å². The Morgan fingerprint density at radius 1 is 1.48 bits per heavy atom. The molecular weight excluding hydrogens is 299 g/mol. The first-order valence-electron chi connectivity index (χ1n) is 5.80. The Labute approximate surface area is 123 Å². The minimum atomic E-state index is -1.15. The van der Waals surface area contributed by atoms with Gasteiger partial charge in [0.15, 0.2) is 5.13 Å². The van der Waals surface area contributed by atoms with Crippen LogP contribution in [0, 0.1) is 5.82 Å². The molecule has 0 spiro atoms. The average Bonchev–Trinajstić information content (AvgIpc) is 2.82. The Hall–Kier alpha value is -2.32. The van der Waals surface area contributed by atoms with Gasteiger partial charge in [0.25, 0.3) is 5.91 Å². The molecule has 0 fully saturated rings. The van der Waals surface area contributed by atoms with E-state index < -0.39 is 17.7 Å². The summed E-state index contributed by atoms with van der Waals surface area (Å²) < 4.78 is 17.9. The molecule has 0 atom stereocenters. The molecule has 2 aromatic rings. The zero-order valence-electron chi connectivity index (χ0n) is 10.9. The van der Waals surface area contributed by atoms with Crippen molar-refractivity contribution in [2.45, 2.75) is 6.61 Å². The fraction of sp³-hybridized carbons (Fsp3) is 0.154. The molecule has 0 aliphatic heterocycles. The molecule has 2 N–H and O–H groups in total. The highest BCUT2D eigenvalue weighted by atomic mass is 32.1. The first-order valence-corrected chi connectivity index (χ1v) is 6.61. The second-order valence-electron chi connectivity index (χ2n) is 4.00. The van der Waals surface area contributed by atoms with Crippen molar-refractivity contribution in [3.05, 3.63) is 46.2 Å². The molecule has 0 saturated carbocycles. The molecule has 8 heteroatoms. The van der Waals surface area contributed by atoms with Crippen LogP contribution in [0.4, 0.5) is 9.52 Å². The van der Waals surface area contributed by atoms with Crippen molar-refractivity contribution in [3.63, 3.8) is 0 Å². The number of hydrogen-bond donors (Lipinski definition) is 2. The van der Waals surface area contributed by atoms with E-state index in [4.69, 9.17) is 9.84 Å². The van der Waals surface area contributed by atoms with Crippen molar-refractivity contribution in [2.75, 3.05) is 12.4 Å². The number of aromatic nitrogens is 1. The number of carboxylic acids is 1. The third-order valence-corrected chi connectivity index (χ3v) is 3.48. The molecule has 0 unspecified atom stereocenters. The van der Waals surface area contributed by atoms with Gasteiger partial charge in [-0.2, -0.15) is 0 Å². The molecule has 0 radical (unpaired) electrons. The second-order valence-corrected chi connectivity index (χ2v) is 5.00. The highest BCUT2D eigenvalue weighted by Crippen LogP contribution is 2.24. The number of hydrogen-bond acceptors (Lipinski definition) is 5. The lowest BCUT2D eigenvalue weighted by molar-refractivity contribution is 0.0696. The number of nitrogens with one attached hydrogen (secondary N) is 1. The predicted molar refractivity (Wildman–Crippen MR) is 74.1 cm³/mol. The van der Waals surface area contributed by atoms with Crippen LogP contribution in [0.15, 0.2) is 24.3 Å². The monoisotopic (exact) mass is 310 g/mol. The summed E-state index contributed by atoms with van der Waals surface area (Å²) in [4.78, 5) is 27.0. The van der Waals surface area contributed by atoms with Gasteiger partial charge in [0.2, 0.25) is 0 Å². The number of thiazole rings is 1.